The van der Waals surface area contributed by atoms with Gasteiger partial charge in [-0.15, -0.1) is 0 Å². The third-order valence-electron chi connectivity index (χ3n) is 11.3. The largest absolute Gasteiger partial charge is 0.278 e. The van der Waals surface area contributed by atoms with Gasteiger partial charge in [0, 0.05) is 38.2 Å². The molecular weight excluding hydrogens is 709 g/mol. The molecule has 4 heterocycles. The van der Waals surface area contributed by atoms with Crippen LogP contribution in [-0.4, -0.2) is 28.9 Å². The first kappa shape index (κ1) is 32.3. The molecule has 0 aliphatic carbocycles. The van der Waals surface area contributed by atoms with Crippen molar-refractivity contribution >= 4 is 60.2 Å². The Hall–Kier alpha value is -7.96. The number of benzene rings is 8. The molecule has 8 aromatic carbocycles. The topological polar surface area (TPSA) is 60.9 Å². The standard InChI is InChI=1S/C52H32N6/c1-3-15-34(16-4-1)45-32-46(35-17-5-2-6-18-35)54-50(53-45)36-29-27-33(28-30-36)41-31-42-38-20-10-13-25-47(38)57(49(42)39-21-8-7-19-37(39)41)52-56-43-23-11-9-22-40(43)51-55-44-24-12-14-26-48(44)58(51)52/h1-32H. The van der Waals surface area contributed by atoms with Crippen LogP contribution in [0, 0.1) is 0 Å². The van der Waals surface area contributed by atoms with Crippen LogP contribution >= 0.6 is 0 Å². The minimum absolute atomic E-state index is 0.691. The first-order chi connectivity index (χ1) is 28.8. The van der Waals surface area contributed by atoms with E-state index in [1.165, 1.54) is 0 Å². The van der Waals surface area contributed by atoms with Crippen LogP contribution in [0.4, 0.5) is 0 Å². The zero-order chi connectivity index (χ0) is 38.2. The van der Waals surface area contributed by atoms with E-state index in [2.05, 4.69) is 155 Å². The zero-order valence-electron chi connectivity index (χ0n) is 31.2. The van der Waals surface area contributed by atoms with Crippen molar-refractivity contribution < 1.29 is 0 Å². The lowest BCUT2D eigenvalue weighted by atomic mass is 9.94. The summed E-state index contributed by atoms with van der Waals surface area (Å²) in [4.78, 5) is 20.8. The first-order valence-corrected chi connectivity index (χ1v) is 19.5. The summed E-state index contributed by atoms with van der Waals surface area (Å²) >= 11 is 0. The van der Waals surface area contributed by atoms with Gasteiger partial charge in [0.15, 0.2) is 5.82 Å². The number of para-hydroxylation sites is 4. The Labute approximate surface area is 333 Å². The van der Waals surface area contributed by atoms with Gasteiger partial charge in [-0.05, 0) is 59.0 Å². The van der Waals surface area contributed by atoms with E-state index in [-0.39, 0.29) is 0 Å². The van der Waals surface area contributed by atoms with Crippen molar-refractivity contribution in [1.82, 2.24) is 28.9 Å². The molecule has 270 valence electrons. The summed E-state index contributed by atoms with van der Waals surface area (Å²) in [5.74, 6) is 1.50. The molecule has 0 amide bonds. The van der Waals surface area contributed by atoms with Crippen molar-refractivity contribution in [1.29, 1.82) is 0 Å². The molecule has 0 atom stereocenters. The van der Waals surface area contributed by atoms with Crippen LogP contribution in [0.3, 0.4) is 0 Å². The predicted octanol–water partition coefficient (Wildman–Crippen LogP) is 12.7. The van der Waals surface area contributed by atoms with E-state index in [9.17, 15) is 0 Å². The van der Waals surface area contributed by atoms with Gasteiger partial charge in [-0.2, -0.15) is 0 Å². The minimum Gasteiger partial charge on any atom is -0.278 e. The molecule has 0 N–H and O–H groups in total. The quantitative estimate of drug-likeness (QED) is 0.176. The SMILES string of the molecule is c1ccc(-c2cc(-c3ccccc3)nc(-c3ccc(-c4cc5c6ccccc6n(-c6nc7ccccc7c7nc8ccccc8n67)c5c5ccccc45)cc3)n2)cc1. The summed E-state index contributed by atoms with van der Waals surface area (Å²) in [7, 11) is 0. The van der Waals surface area contributed by atoms with Gasteiger partial charge in [0.05, 0.1) is 39.0 Å². The van der Waals surface area contributed by atoms with Gasteiger partial charge in [0.1, 0.15) is 5.65 Å². The Balaban J connectivity index is 1.07. The van der Waals surface area contributed by atoms with Crippen molar-refractivity contribution in [2.24, 2.45) is 0 Å². The van der Waals surface area contributed by atoms with Crippen LogP contribution in [0.5, 0.6) is 0 Å². The minimum atomic E-state index is 0.691. The maximum atomic E-state index is 5.42. The molecule has 0 radical (unpaired) electrons. The fraction of sp³-hybridized carbons (Fsp3) is 0. The highest BCUT2D eigenvalue weighted by Crippen LogP contribution is 2.42. The molecule has 0 aliphatic rings. The maximum Gasteiger partial charge on any atom is 0.221 e. The van der Waals surface area contributed by atoms with Crippen LogP contribution < -0.4 is 0 Å². The highest BCUT2D eigenvalue weighted by molar-refractivity contribution is 6.22. The van der Waals surface area contributed by atoms with Crippen LogP contribution in [0.2, 0.25) is 0 Å². The Morgan fingerprint density at radius 3 is 1.60 bits per heavy atom. The number of imidazole rings is 1. The Morgan fingerprint density at radius 2 is 0.897 bits per heavy atom. The summed E-state index contributed by atoms with van der Waals surface area (Å²) in [6.45, 7) is 0. The monoisotopic (exact) mass is 740 g/mol. The highest BCUT2D eigenvalue weighted by Gasteiger charge is 2.22. The molecule has 0 saturated carbocycles. The van der Waals surface area contributed by atoms with Crippen LogP contribution in [0.25, 0.3) is 111 Å². The smallest absolute Gasteiger partial charge is 0.221 e. The third kappa shape index (κ3) is 4.98. The van der Waals surface area contributed by atoms with Crippen LogP contribution in [-0.2, 0) is 0 Å². The van der Waals surface area contributed by atoms with E-state index in [0.29, 0.717) is 5.82 Å². The molecule has 0 fully saturated rings. The van der Waals surface area contributed by atoms with Gasteiger partial charge < -0.3 is 0 Å². The number of rotatable bonds is 5. The maximum absolute atomic E-state index is 5.42. The second-order valence-corrected chi connectivity index (χ2v) is 14.7. The zero-order valence-corrected chi connectivity index (χ0v) is 31.2. The number of hydrogen-bond donors (Lipinski definition) is 0. The molecule has 0 bridgehead atoms. The second kappa shape index (κ2) is 12.8. The molecule has 0 saturated heterocycles. The van der Waals surface area contributed by atoms with E-state index in [1.54, 1.807) is 0 Å². The van der Waals surface area contributed by atoms with Crippen molar-refractivity contribution in [3.05, 3.63) is 194 Å². The third-order valence-corrected chi connectivity index (χ3v) is 11.3. The van der Waals surface area contributed by atoms with Crippen LogP contribution in [0.15, 0.2) is 194 Å². The Morgan fingerprint density at radius 1 is 0.345 bits per heavy atom. The molecular formula is C52H32N6. The molecule has 12 aromatic rings. The van der Waals surface area contributed by atoms with Gasteiger partial charge in [-0.3, -0.25) is 8.97 Å². The molecule has 12 rings (SSSR count). The van der Waals surface area contributed by atoms with Gasteiger partial charge in [0.2, 0.25) is 5.95 Å². The first-order valence-electron chi connectivity index (χ1n) is 19.5. The van der Waals surface area contributed by atoms with E-state index < -0.39 is 0 Å². The Bertz CT molecular complexity index is 3490. The lowest BCUT2D eigenvalue weighted by Gasteiger charge is -2.15. The van der Waals surface area contributed by atoms with Gasteiger partial charge in [-0.25, -0.2) is 19.9 Å². The average Bonchev–Trinajstić information content (AvgIpc) is 3.86. The van der Waals surface area contributed by atoms with Gasteiger partial charge in [-0.1, -0.05) is 152 Å². The van der Waals surface area contributed by atoms with Crippen molar-refractivity contribution in [2.45, 2.75) is 0 Å². The van der Waals surface area contributed by atoms with Crippen molar-refractivity contribution in [2.75, 3.05) is 0 Å². The van der Waals surface area contributed by atoms with E-state index in [1.807, 2.05) is 48.5 Å². The van der Waals surface area contributed by atoms with E-state index in [0.717, 1.165) is 105 Å². The lowest BCUT2D eigenvalue weighted by Crippen LogP contribution is -2.06. The number of nitrogens with zero attached hydrogens (tertiary/aromatic N) is 6. The molecule has 0 aliphatic heterocycles. The van der Waals surface area contributed by atoms with Gasteiger partial charge >= 0.3 is 0 Å². The van der Waals surface area contributed by atoms with Gasteiger partial charge in [0.25, 0.3) is 0 Å². The highest BCUT2D eigenvalue weighted by atomic mass is 15.2. The molecule has 58 heavy (non-hydrogen) atoms. The molecule has 0 unspecified atom stereocenters. The lowest BCUT2D eigenvalue weighted by molar-refractivity contribution is 0.982. The van der Waals surface area contributed by atoms with E-state index >= 15 is 0 Å². The summed E-state index contributed by atoms with van der Waals surface area (Å²) in [5.41, 5.74) is 13.1. The summed E-state index contributed by atoms with van der Waals surface area (Å²) in [6, 6.07) is 67.8. The summed E-state index contributed by atoms with van der Waals surface area (Å²) in [6.07, 6.45) is 0. The summed E-state index contributed by atoms with van der Waals surface area (Å²) in [5, 5.41) is 5.65. The molecule has 4 aromatic heterocycles. The average molecular weight is 741 g/mol. The van der Waals surface area contributed by atoms with Crippen molar-refractivity contribution in [3.63, 3.8) is 0 Å². The Kier molecular flexibility index (Phi) is 7.13. The van der Waals surface area contributed by atoms with Crippen LogP contribution in [0.1, 0.15) is 0 Å². The normalized spacial score (nSPS) is 11.8. The molecule has 0 spiro atoms. The summed E-state index contributed by atoms with van der Waals surface area (Å²) < 4.78 is 4.57. The second-order valence-electron chi connectivity index (χ2n) is 14.7. The number of fused-ring (bicyclic) bond motifs is 10. The predicted molar refractivity (Wildman–Crippen MR) is 237 cm³/mol. The van der Waals surface area contributed by atoms with Crippen molar-refractivity contribution in [3.8, 4) is 51.0 Å². The molecule has 6 nitrogen and oxygen atoms in total. The fourth-order valence-electron chi connectivity index (χ4n) is 8.64. The number of aromatic nitrogens is 6. The number of hydrogen-bond acceptors (Lipinski definition) is 4. The molecule has 6 heteroatoms. The van der Waals surface area contributed by atoms with E-state index in [4.69, 9.17) is 19.9 Å². The fourth-order valence-corrected chi connectivity index (χ4v) is 8.64.